The highest BCUT2D eigenvalue weighted by atomic mass is 19.4. The number of benzene rings is 1. The molecule has 5 heteroatoms. The van der Waals surface area contributed by atoms with Crippen molar-refractivity contribution in [3.63, 3.8) is 0 Å². The Kier molecular flexibility index (Phi) is 5.51. The van der Waals surface area contributed by atoms with Gasteiger partial charge in [-0.1, -0.05) is 26.7 Å². The van der Waals surface area contributed by atoms with E-state index in [1.165, 1.54) is 12.1 Å². The third-order valence-corrected chi connectivity index (χ3v) is 2.87. The van der Waals surface area contributed by atoms with Gasteiger partial charge in [0.05, 0.1) is 5.56 Å². The van der Waals surface area contributed by atoms with Gasteiger partial charge >= 0.3 is 6.18 Å². The van der Waals surface area contributed by atoms with E-state index in [1.807, 2.05) is 0 Å². The van der Waals surface area contributed by atoms with Crippen LogP contribution < -0.4 is 11.1 Å². The fraction of sp³-hybridized carbons (Fsp3) is 0.571. The summed E-state index contributed by atoms with van der Waals surface area (Å²) in [5.74, 6) is 0.627. The summed E-state index contributed by atoms with van der Waals surface area (Å²) in [6.45, 7) is 4.81. The van der Waals surface area contributed by atoms with Crippen LogP contribution in [-0.2, 0) is 6.18 Å². The Morgan fingerprint density at radius 2 is 1.89 bits per heavy atom. The molecule has 3 N–H and O–H groups in total. The number of halogens is 3. The normalized spacial score (nSPS) is 11.9. The second-order valence-electron chi connectivity index (χ2n) is 5.12. The predicted molar refractivity (Wildman–Crippen MR) is 73.0 cm³/mol. The highest BCUT2D eigenvalue weighted by Gasteiger charge is 2.33. The second-order valence-corrected chi connectivity index (χ2v) is 5.12. The summed E-state index contributed by atoms with van der Waals surface area (Å²) >= 11 is 0. The summed E-state index contributed by atoms with van der Waals surface area (Å²) in [7, 11) is 0. The summed E-state index contributed by atoms with van der Waals surface area (Å²) in [6, 6.07) is 3.84. The number of nitrogen functional groups attached to an aromatic ring is 1. The summed E-state index contributed by atoms with van der Waals surface area (Å²) < 4.78 is 38.4. The Hall–Kier alpha value is -1.39. The molecule has 0 saturated carbocycles. The summed E-state index contributed by atoms with van der Waals surface area (Å²) in [5.41, 5.74) is 4.93. The van der Waals surface area contributed by atoms with Crippen molar-refractivity contribution in [3.8, 4) is 0 Å². The fourth-order valence-corrected chi connectivity index (χ4v) is 1.85. The van der Waals surface area contributed by atoms with E-state index in [0.29, 0.717) is 12.5 Å². The average Bonchev–Trinajstić information content (AvgIpc) is 2.28. The van der Waals surface area contributed by atoms with Gasteiger partial charge < -0.3 is 11.1 Å². The molecule has 1 aromatic rings. The number of hydrogen-bond donors (Lipinski definition) is 2. The monoisotopic (exact) mass is 274 g/mol. The van der Waals surface area contributed by atoms with Gasteiger partial charge in [0.1, 0.15) is 0 Å². The topological polar surface area (TPSA) is 38.0 Å². The van der Waals surface area contributed by atoms with Gasteiger partial charge in [-0.15, -0.1) is 0 Å². The standard InChI is InChI=1S/C14H21F3N2/c1-10(2)5-3-4-8-19-13-7-6-11(18)9-12(13)14(15,16)17/h6-7,9-10,19H,3-5,8,18H2,1-2H3. The van der Waals surface area contributed by atoms with Crippen molar-refractivity contribution in [1.29, 1.82) is 0 Å². The van der Waals surface area contributed by atoms with E-state index in [0.717, 1.165) is 25.3 Å². The lowest BCUT2D eigenvalue weighted by Gasteiger charge is -2.15. The van der Waals surface area contributed by atoms with E-state index >= 15 is 0 Å². The van der Waals surface area contributed by atoms with E-state index in [-0.39, 0.29) is 11.4 Å². The lowest BCUT2D eigenvalue weighted by Crippen LogP contribution is -2.12. The van der Waals surface area contributed by atoms with Gasteiger partial charge in [-0.25, -0.2) is 0 Å². The summed E-state index contributed by atoms with van der Waals surface area (Å²) in [6.07, 6.45) is -1.41. The van der Waals surface area contributed by atoms with Crippen molar-refractivity contribution < 1.29 is 13.2 Å². The minimum atomic E-state index is -4.38. The maximum atomic E-state index is 12.8. The van der Waals surface area contributed by atoms with Crippen LogP contribution in [0.25, 0.3) is 0 Å². The van der Waals surface area contributed by atoms with Gasteiger partial charge in [0, 0.05) is 17.9 Å². The molecule has 0 atom stereocenters. The molecule has 0 spiro atoms. The molecule has 0 bridgehead atoms. The van der Waals surface area contributed by atoms with Gasteiger partial charge in [0.2, 0.25) is 0 Å². The second kappa shape index (κ2) is 6.68. The smallest absolute Gasteiger partial charge is 0.399 e. The minimum absolute atomic E-state index is 0.103. The van der Waals surface area contributed by atoms with Crippen molar-refractivity contribution in [1.82, 2.24) is 0 Å². The number of hydrogen-bond acceptors (Lipinski definition) is 2. The molecule has 0 fully saturated rings. The predicted octanol–water partition coefficient (Wildman–Crippen LogP) is 4.53. The molecule has 1 rings (SSSR count). The molecular formula is C14H21F3N2. The quantitative estimate of drug-likeness (QED) is 0.591. The van der Waals surface area contributed by atoms with Crippen molar-refractivity contribution >= 4 is 11.4 Å². The molecule has 0 heterocycles. The van der Waals surface area contributed by atoms with E-state index in [9.17, 15) is 13.2 Å². The first-order chi connectivity index (χ1) is 8.80. The van der Waals surface area contributed by atoms with E-state index in [4.69, 9.17) is 5.73 Å². The number of rotatable bonds is 6. The average molecular weight is 274 g/mol. The maximum absolute atomic E-state index is 12.8. The van der Waals surface area contributed by atoms with Gasteiger partial charge in [-0.05, 0) is 30.5 Å². The summed E-state index contributed by atoms with van der Waals surface area (Å²) in [4.78, 5) is 0. The van der Waals surface area contributed by atoms with Gasteiger partial charge in [0.15, 0.2) is 0 Å². The number of unbranched alkanes of at least 4 members (excludes halogenated alkanes) is 1. The number of alkyl halides is 3. The van der Waals surface area contributed by atoms with Crippen LogP contribution in [0.5, 0.6) is 0 Å². The number of nitrogens with two attached hydrogens (primary N) is 1. The van der Waals surface area contributed by atoms with E-state index in [2.05, 4.69) is 19.2 Å². The van der Waals surface area contributed by atoms with Gasteiger partial charge in [-0.2, -0.15) is 13.2 Å². The molecule has 0 unspecified atom stereocenters. The largest absolute Gasteiger partial charge is 0.418 e. The molecule has 2 nitrogen and oxygen atoms in total. The molecule has 108 valence electrons. The lowest BCUT2D eigenvalue weighted by molar-refractivity contribution is -0.136. The molecular weight excluding hydrogens is 253 g/mol. The molecule has 0 aromatic heterocycles. The molecule has 0 aliphatic carbocycles. The van der Waals surface area contributed by atoms with Crippen molar-refractivity contribution in [2.45, 2.75) is 39.3 Å². The maximum Gasteiger partial charge on any atom is 0.418 e. The van der Waals surface area contributed by atoms with Crippen molar-refractivity contribution in [2.24, 2.45) is 5.92 Å². The van der Waals surface area contributed by atoms with Crippen LogP contribution in [0.1, 0.15) is 38.7 Å². The Morgan fingerprint density at radius 3 is 2.47 bits per heavy atom. The molecule has 1 aromatic carbocycles. The van der Waals surface area contributed by atoms with E-state index in [1.54, 1.807) is 0 Å². The lowest BCUT2D eigenvalue weighted by atomic mass is 10.1. The van der Waals surface area contributed by atoms with E-state index < -0.39 is 11.7 Å². The highest BCUT2D eigenvalue weighted by molar-refractivity contribution is 5.59. The highest BCUT2D eigenvalue weighted by Crippen LogP contribution is 2.36. The fourth-order valence-electron chi connectivity index (χ4n) is 1.85. The van der Waals surface area contributed by atoms with Crippen LogP contribution in [0.15, 0.2) is 18.2 Å². The van der Waals surface area contributed by atoms with Crippen LogP contribution >= 0.6 is 0 Å². The first kappa shape index (κ1) is 15.7. The van der Waals surface area contributed by atoms with Crippen LogP contribution in [0, 0.1) is 5.92 Å². The zero-order valence-corrected chi connectivity index (χ0v) is 11.3. The first-order valence-electron chi connectivity index (χ1n) is 6.51. The summed E-state index contributed by atoms with van der Waals surface area (Å²) in [5, 5.41) is 2.85. The third kappa shape index (κ3) is 5.41. The van der Waals surface area contributed by atoms with Crippen LogP contribution in [0.2, 0.25) is 0 Å². The van der Waals surface area contributed by atoms with Crippen molar-refractivity contribution in [2.75, 3.05) is 17.6 Å². The molecule has 0 aliphatic rings. The first-order valence-corrected chi connectivity index (χ1v) is 6.51. The third-order valence-electron chi connectivity index (χ3n) is 2.87. The molecule has 19 heavy (non-hydrogen) atoms. The van der Waals surface area contributed by atoms with Crippen LogP contribution in [0.4, 0.5) is 24.5 Å². The number of nitrogens with one attached hydrogen (secondary N) is 1. The Morgan fingerprint density at radius 1 is 1.21 bits per heavy atom. The van der Waals surface area contributed by atoms with Gasteiger partial charge in [-0.3, -0.25) is 0 Å². The van der Waals surface area contributed by atoms with Gasteiger partial charge in [0.25, 0.3) is 0 Å². The van der Waals surface area contributed by atoms with Crippen LogP contribution in [-0.4, -0.2) is 6.54 Å². The molecule has 0 radical (unpaired) electrons. The SMILES string of the molecule is CC(C)CCCCNc1ccc(N)cc1C(F)(F)F. The molecule has 0 amide bonds. The molecule has 0 saturated heterocycles. The molecule has 0 aliphatic heterocycles. The zero-order chi connectivity index (χ0) is 14.5. The number of anilines is 2. The zero-order valence-electron chi connectivity index (χ0n) is 11.3. The Balaban J connectivity index is 2.58. The Labute approximate surface area is 112 Å². The van der Waals surface area contributed by atoms with Crippen LogP contribution in [0.3, 0.4) is 0 Å². The van der Waals surface area contributed by atoms with Crippen molar-refractivity contribution in [3.05, 3.63) is 23.8 Å². The Bertz CT molecular complexity index is 400. The minimum Gasteiger partial charge on any atom is -0.399 e.